The van der Waals surface area contributed by atoms with Gasteiger partial charge in [-0.3, -0.25) is 20.2 Å². The number of nitro benzene ring substituents is 1. The normalized spacial score (nSPS) is 12.1. The summed E-state index contributed by atoms with van der Waals surface area (Å²) in [4.78, 5) is 27.5. The fourth-order valence-corrected chi connectivity index (χ4v) is 6.22. The molecule has 0 saturated carbocycles. The molecule has 0 aliphatic rings. The number of thiazole rings is 1. The molecule has 1 N–H and O–H groups in total. The lowest BCUT2D eigenvalue weighted by atomic mass is 10.1. The Bertz CT molecular complexity index is 1240. The fourth-order valence-electron chi connectivity index (χ4n) is 3.38. The minimum atomic E-state index is -3.71. The number of aromatic nitrogens is 1. The summed E-state index contributed by atoms with van der Waals surface area (Å²) in [6, 6.07) is 9.80. The quantitative estimate of drug-likeness (QED) is 0.413. The number of benzene rings is 2. The third kappa shape index (κ3) is 4.58. The number of hydrogen-bond donors (Lipinski definition) is 1. The molecule has 0 unspecified atom stereocenters. The van der Waals surface area contributed by atoms with Crippen LogP contribution in [0.3, 0.4) is 0 Å². The number of amides is 1. The summed E-state index contributed by atoms with van der Waals surface area (Å²) in [5.74, 6) is -0.662. The Balaban J connectivity index is 1.93. The second-order valence-electron chi connectivity index (χ2n) is 7.40. The number of nitrogens with one attached hydrogen (secondary N) is 1. The molecule has 0 radical (unpaired) electrons. The summed E-state index contributed by atoms with van der Waals surface area (Å²) in [5.41, 5.74) is 0.124. The Hall–Kier alpha value is -2.89. The molecule has 0 atom stereocenters. The van der Waals surface area contributed by atoms with E-state index in [0.717, 1.165) is 11.3 Å². The van der Waals surface area contributed by atoms with E-state index in [2.05, 4.69) is 10.3 Å². The summed E-state index contributed by atoms with van der Waals surface area (Å²) in [6.45, 7) is 7.27. The zero-order chi connectivity index (χ0) is 22.9. The Labute approximate surface area is 183 Å². The molecule has 0 spiro atoms. The van der Waals surface area contributed by atoms with Gasteiger partial charge in [0.15, 0.2) is 5.13 Å². The van der Waals surface area contributed by atoms with E-state index in [4.69, 9.17) is 0 Å². The monoisotopic (exact) mass is 462 g/mol. The Morgan fingerprint density at radius 1 is 1.13 bits per heavy atom. The average molecular weight is 463 g/mol. The van der Waals surface area contributed by atoms with Crippen molar-refractivity contribution in [3.8, 4) is 0 Å². The van der Waals surface area contributed by atoms with Crippen LogP contribution in [0, 0.1) is 10.1 Å². The molecular weight excluding hydrogens is 440 g/mol. The molecule has 0 saturated heterocycles. The lowest BCUT2D eigenvalue weighted by Gasteiger charge is -2.29. The third-order valence-electron chi connectivity index (χ3n) is 4.52. The van der Waals surface area contributed by atoms with Gasteiger partial charge in [-0.25, -0.2) is 13.4 Å². The van der Waals surface area contributed by atoms with E-state index in [0.29, 0.717) is 10.2 Å². The number of para-hydroxylation sites is 1. The van der Waals surface area contributed by atoms with Crippen LogP contribution in [0.4, 0.5) is 10.8 Å². The first-order chi connectivity index (χ1) is 14.5. The highest BCUT2D eigenvalue weighted by atomic mass is 32.2. The van der Waals surface area contributed by atoms with Crippen LogP contribution in [0.15, 0.2) is 47.4 Å². The highest BCUT2D eigenvalue weighted by Gasteiger charge is 2.30. The van der Waals surface area contributed by atoms with Crippen molar-refractivity contribution in [2.45, 2.75) is 44.7 Å². The van der Waals surface area contributed by atoms with Crippen molar-refractivity contribution in [3.63, 3.8) is 0 Å². The lowest BCUT2D eigenvalue weighted by Crippen LogP contribution is -2.41. The number of carbonyl (C=O) groups excluding carboxylic acids is 1. The van der Waals surface area contributed by atoms with Gasteiger partial charge >= 0.3 is 0 Å². The number of nitro groups is 1. The van der Waals surface area contributed by atoms with Crippen LogP contribution in [-0.2, 0) is 10.0 Å². The van der Waals surface area contributed by atoms with Crippen LogP contribution in [-0.4, -0.2) is 40.6 Å². The molecule has 0 aliphatic carbocycles. The van der Waals surface area contributed by atoms with E-state index >= 15 is 0 Å². The molecule has 1 aromatic heterocycles. The third-order valence-corrected chi connectivity index (χ3v) is 7.70. The maximum absolute atomic E-state index is 13.1. The molecule has 2 aromatic carbocycles. The Morgan fingerprint density at radius 2 is 1.77 bits per heavy atom. The van der Waals surface area contributed by atoms with Gasteiger partial charge in [0.2, 0.25) is 10.0 Å². The molecule has 0 bridgehead atoms. The molecule has 0 fully saturated rings. The summed E-state index contributed by atoms with van der Waals surface area (Å²) < 4.78 is 28.2. The van der Waals surface area contributed by atoms with Crippen LogP contribution in [0.25, 0.3) is 10.2 Å². The molecule has 1 heterocycles. The zero-order valence-electron chi connectivity index (χ0n) is 17.4. The van der Waals surface area contributed by atoms with Gasteiger partial charge in [0.25, 0.3) is 11.6 Å². The van der Waals surface area contributed by atoms with Gasteiger partial charge in [-0.15, -0.1) is 0 Å². The van der Waals surface area contributed by atoms with Gasteiger partial charge in [-0.2, -0.15) is 4.31 Å². The van der Waals surface area contributed by atoms with Crippen molar-refractivity contribution < 1.29 is 18.1 Å². The first-order valence-corrected chi connectivity index (χ1v) is 11.8. The minimum Gasteiger partial charge on any atom is -0.298 e. The standard InChI is InChI=1S/C20H22N4O5S2/c1-12(2)23(13(3)4)31(28,29)14-9-10-16-18(11-14)30-20(21-16)22-19(25)15-7-5-6-8-17(15)24(26)27/h5-13H,1-4H3,(H,21,22,25). The summed E-state index contributed by atoms with van der Waals surface area (Å²) in [5, 5.41) is 13.9. The predicted octanol–water partition coefficient (Wildman–Crippen LogP) is 4.26. The average Bonchev–Trinajstić information content (AvgIpc) is 3.08. The van der Waals surface area contributed by atoms with Crippen molar-refractivity contribution in [2.24, 2.45) is 0 Å². The van der Waals surface area contributed by atoms with Crippen LogP contribution in [0.1, 0.15) is 38.1 Å². The second kappa shape index (κ2) is 8.69. The lowest BCUT2D eigenvalue weighted by molar-refractivity contribution is -0.385. The van der Waals surface area contributed by atoms with E-state index in [1.165, 1.54) is 40.7 Å². The number of fused-ring (bicyclic) bond motifs is 1. The van der Waals surface area contributed by atoms with Gasteiger partial charge in [-0.05, 0) is 52.0 Å². The predicted molar refractivity (Wildman–Crippen MR) is 120 cm³/mol. The highest BCUT2D eigenvalue weighted by Crippen LogP contribution is 2.31. The van der Waals surface area contributed by atoms with Crippen molar-refractivity contribution in [1.29, 1.82) is 0 Å². The van der Waals surface area contributed by atoms with E-state index < -0.39 is 20.9 Å². The van der Waals surface area contributed by atoms with E-state index in [1.54, 1.807) is 6.07 Å². The smallest absolute Gasteiger partial charge is 0.282 e. The molecule has 3 aromatic rings. The molecule has 164 valence electrons. The second-order valence-corrected chi connectivity index (χ2v) is 10.3. The summed E-state index contributed by atoms with van der Waals surface area (Å²) in [7, 11) is -3.71. The molecule has 9 nitrogen and oxygen atoms in total. The van der Waals surface area contributed by atoms with Crippen LogP contribution >= 0.6 is 11.3 Å². The highest BCUT2D eigenvalue weighted by molar-refractivity contribution is 7.89. The number of carbonyl (C=O) groups is 1. The maximum Gasteiger partial charge on any atom is 0.282 e. The molecular formula is C20H22N4O5S2. The molecule has 0 aliphatic heterocycles. The number of nitrogens with zero attached hydrogens (tertiary/aromatic N) is 3. The molecule has 11 heteroatoms. The van der Waals surface area contributed by atoms with Crippen molar-refractivity contribution in [2.75, 3.05) is 5.32 Å². The molecule has 31 heavy (non-hydrogen) atoms. The number of hydrogen-bond acceptors (Lipinski definition) is 7. The van der Waals surface area contributed by atoms with Crippen LogP contribution < -0.4 is 5.32 Å². The molecule has 1 amide bonds. The van der Waals surface area contributed by atoms with Crippen molar-refractivity contribution >= 4 is 48.3 Å². The van der Waals surface area contributed by atoms with Crippen molar-refractivity contribution in [1.82, 2.24) is 9.29 Å². The Morgan fingerprint density at radius 3 is 2.39 bits per heavy atom. The number of sulfonamides is 1. The SMILES string of the molecule is CC(C)N(C(C)C)S(=O)(=O)c1ccc2nc(NC(=O)c3ccccc3[N+](=O)[O-])sc2c1. The first-order valence-electron chi connectivity index (χ1n) is 9.51. The first kappa shape index (κ1) is 22.8. The molecule has 3 rings (SSSR count). The van der Waals surface area contributed by atoms with Gasteiger partial charge in [0.05, 0.1) is 20.0 Å². The minimum absolute atomic E-state index is 0.0838. The maximum atomic E-state index is 13.1. The Kier molecular flexibility index (Phi) is 6.39. The van der Waals surface area contributed by atoms with Gasteiger partial charge in [-0.1, -0.05) is 23.5 Å². The van der Waals surface area contributed by atoms with E-state index in [9.17, 15) is 23.3 Å². The van der Waals surface area contributed by atoms with Crippen LogP contribution in [0.5, 0.6) is 0 Å². The van der Waals surface area contributed by atoms with Crippen molar-refractivity contribution in [3.05, 3.63) is 58.1 Å². The fraction of sp³-hybridized carbons (Fsp3) is 0.300. The van der Waals surface area contributed by atoms with Crippen LogP contribution in [0.2, 0.25) is 0 Å². The number of rotatable bonds is 7. The largest absolute Gasteiger partial charge is 0.298 e. The van der Waals surface area contributed by atoms with Gasteiger partial charge in [0.1, 0.15) is 5.56 Å². The van der Waals surface area contributed by atoms with Gasteiger partial charge in [0, 0.05) is 18.2 Å². The zero-order valence-corrected chi connectivity index (χ0v) is 19.0. The summed E-state index contributed by atoms with van der Waals surface area (Å²) in [6.07, 6.45) is 0. The topological polar surface area (TPSA) is 123 Å². The van der Waals surface area contributed by atoms with Gasteiger partial charge < -0.3 is 0 Å². The summed E-state index contributed by atoms with van der Waals surface area (Å²) >= 11 is 1.10. The van der Waals surface area contributed by atoms with E-state index in [-0.39, 0.29) is 33.4 Å². The number of anilines is 1. The van der Waals surface area contributed by atoms with E-state index in [1.807, 2.05) is 27.7 Å².